The van der Waals surface area contributed by atoms with Crippen molar-refractivity contribution in [3.05, 3.63) is 87.4 Å². The molecule has 180 valence electrons. The Labute approximate surface area is 211 Å². The number of hydrogen-bond donors (Lipinski definition) is 1. The van der Waals surface area contributed by atoms with Crippen molar-refractivity contribution < 1.29 is 14.2 Å². The standard InChI is InChI=1S/C27H30Cl2N2O3/c1-32-24-16-21(17-25(33-2)27(24)34-18-19-7-4-3-5-8-19)26(31-13-6-11-30-12-14-31)20-9-10-22(28)23(29)15-20/h3-5,7-10,15-17,26,30H,6,11-14,18H2,1-2H3. The second-order valence-electron chi connectivity index (χ2n) is 8.24. The van der Waals surface area contributed by atoms with E-state index in [4.69, 9.17) is 37.4 Å². The molecular formula is C27H30Cl2N2O3. The van der Waals surface area contributed by atoms with Gasteiger partial charge in [0.05, 0.1) is 30.3 Å². The fraction of sp³-hybridized carbons (Fsp3) is 0.333. The summed E-state index contributed by atoms with van der Waals surface area (Å²) in [6, 6.07) is 19.9. The van der Waals surface area contributed by atoms with Crippen LogP contribution in [0.5, 0.6) is 17.2 Å². The Bertz CT molecular complexity index is 1060. The third-order valence-electron chi connectivity index (χ3n) is 6.02. The quantitative estimate of drug-likeness (QED) is 0.412. The van der Waals surface area contributed by atoms with Gasteiger partial charge in [-0.05, 0) is 53.9 Å². The topological polar surface area (TPSA) is 43.0 Å². The van der Waals surface area contributed by atoms with E-state index in [1.165, 1.54) is 0 Å². The molecule has 0 bridgehead atoms. The highest BCUT2D eigenvalue weighted by Gasteiger charge is 2.27. The molecule has 0 aromatic heterocycles. The lowest BCUT2D eigenvalue weighted by molar-refractivity contribution is 0.237. The van der Waals surface area contributed by atoms with Crippen molar-refractivity contribution in [2.45, 2.75) is 19.1 Å². The predicted molar refractivity (Wildman–Crippen MR) is 138 cm³/mol. The molecule has 0 spiro atoms. The normalized spacial score (nSPS) is 15.4. The van der Waals surface area contributed by atoms with Crippen LogP contribution in [0.15, 0.2) is 60.7 Å². The summed E-state index contributed by atoms with van der Waals surface area (Å²) < 4.78 is 17.7. The molecule has 3 aromatic rings. The molecule has 0 amide bonds. The third kappa shape index (κ3) is 5.78. The highest BCUT2D eigenvalue weighted by molar-refractivity contribution is 6.42. The van der Waals surface area contributed by atoms with Gasteiger partial charge < -0.3 is 19.5 Å². The summed E-state index contributed by atoms with van der Waals surface area (Å²) in [5.74, 6) is 1.84. The number of nitrogens with zero attached hydrogens (tertiary/aromatic N) is 1. The molecule has 1 heterocycles. The molecule has 0 radical (unpaired) electrons. The zero-order chi connectivity index (χ0) is 23.9. The van der Waals surface area contributed by atoms with Gasteiger partial charge in [0, 0.05) is 19.6 Å². The minimum atomic E-state index is -0.0411. The van der Waals surface area contributed by atoms with Crippen LogP contribution in [0, 0.1) is 0 Å². The molecule has 1 saturated heterocycles. The Balaban J connectivity index is 1.74. The monoisotopic (exact) mass is 500 g/mol. The number of methoxy groups -OCH3 is 2. The van der Waals surface area contributed by atoms with Crippen LogP contribution in [0.3, 0.4) is 0 Å². The van der Waals surface area contributed by atoms with E-state index in [9.17, 15) is 0 Å². The van der Waals surface area contributed by atoms with E-state index < -0.39 is 0 Å². The Morgan fingerprint density at radius 1 is 0.853 bits per heavy atom. The van der Waals surface area contributed by atoms with Gasteiger partial charge in [0.2, 0.25) is 5.75 Å². The number of hydrogen-bond acceptors (Lipinski definition) is 5. The number of halogens is 2. The van der Waals surface area contributed by atoms with Gasteiger partial charge in [0.1, 0.15) is 6.61 Å². The SMILES string of the molecule is COc1cc(C(c2ccc(Cl)c(Cl)c2)N2CCCNCC2)cc(OC)c1OCc1ccccc1. The molecule has 5 nitrogen and oxygen atoms in total. The molecule has 0 saturated carbocycles. The van der Waals surface area contributed by atoms with E-state index in [-0.39, 0.29) is 6.04 Å². The third-order valence-corrected chi connectivity index (χ3v) is 6.76. The average molecular weight is 501 g/mol. The highest BCUT2D eigenvalue weighted by Crippen LogP contribution is 2.43. The summed E-state index contributed by atoms with van der Waals surface area (Å²) in [4.78, 5) is 2.46. The van der Waals surface area contributed by atoms with Gasteiger partial charge in [-0.3, -0.25) is 4.90 Å². The second-order valence-corrected chi connectivity index (χ2v) is 9.06. The molecule has 0 aliphatic carbocycles. The van der Waals surface area contributed by atoms with Crippen LogP contribution in [0.1, 0.15) is 29.2 Å². The van der Waals surface area contributed by atoms with Crippen LogP contribution in [-0.4, -0.2) is 45.3 Å². The van der Waals surface area contributed by atoms with Crippen LogP contribution in [0.4, 0.5) is 0 Å². The van der Waals surface area contributed by atoms with Crippen LogP contribution in [0.2, 0.25) is 10.0 Å². The van der Waals surface area contributed by atoms with Gasteiger partial charge in [0.25, 0.3) is 0 Å². The van der Waals surface area contributed by atoms with Gasteiger partial charge in [-0.15, -0.1) is 0 Å². The van der Waals surface area contributed by atoms with E-state index >= 15 is 0 Å². The first-order valence-corrected chi connectivity index (χ1v) is 12.2. The number of benzene rings is 3. The van der Waals surface area contributed by atoms with Crippen molar-refractivity contribution >= 4 is 23.2 Å². The Hall–Kier alpha value is -2.44. The number of rotatable bonds is 8. The molecule has 4 rings (SSSR count). The van der Waals surface area contributed by atoms with Crippen molar-refractivity contribution in [1.82, 2.24) is 10.2 Å². The van der Waals surface area contributed by atoms with Crippen molar-refractivity contribution in [2.75, 3.05) is 40.4 Å². The minimum absolute atomic E-state index is 0.0411. The lowest BCUT2D eigenvalue weighted by atomic mass is 9.95. The molecule has 34 heavy (non-hydrogen) atoms. The van der Waals surface area contributed by atoms with Crippen LogP contribution in [0.25, 0.3) is 0 Å². The second kappa shape index (κ2) is 11.8. The number of ether oxygens (including phenoxy) is 3. The fourth-order valence-electron chi connectivity index (χ4n) is 4.35. The lowest BCUT2D eigenvalue weighted by Crippen LogP contribution is -2.33. The molecule has 1 atom stereocenters. The molecule has 1 aliphatic heterocycles. The van der Waals surface area contributed by atoms with E-state index in [0.29, 0.717) is 33.9 Å². The van der Waals surface area contributed by atoms with Crippen molar-refractivity contribution in [1.29, 1.82) is 0 Å². The minimum Gasteiger partial charge on any atom is -0.493 e. The first-order valence-electron chi connectivity index (χ1n) is 11.4. The molecule has 1 fully saturated rings. The van der Waals surface area contributed by atoms with Crippen molar-refractivity contribution in [3.8, 4) is 17.2 Å². The van der Waals surface area contributed by atoms with Crippen LogP contribution < -0.4 is 19.5 Å². The maximum absolute atomic E-state index is 6.43. The van der Waals surface area contributed by atoms with E-state index in [0.717, 1.165) is 49.3 Å². The Morgan fingerprint density at radius 2 is 1.59 bits per heavy atom. The van der Waals surface area contributed by atoms with Crippen molar-refractivity contribution in [2.24, 2.45) is 0 Å². The Kier molecular flexibility index (Phi) is 8.57. The van der Waals surface area contributed by atoms with E-state index in [1.54, 1.807) is 14.2 Å². The van der Waals surface area contributed by atoms with E-state index in [1.807, 2.05) is 60.7 Å². The van der Waals surface area contributed by atoms with Crippen molar-refractivity contribution in [3.63, 3.8) is 0 Å². The summed E-state index contributed by atoms with van der Waals surface area (Å²) >= 11 is 12.7. The molecule has 7 heteroatoms. The molecule has 3 aromatic carbocycles. The van der Waals surface area contributed by atoms with Crippen LogP contribution >= 0.6 is 23.2 Å². The smallest absolute Gasteiger partial charge is 0.203 e. The zero-order valence-corrected chi connectivity index (χ0v) is 21.0. The molecule has 1 unspecified atom stereocenters. The summed E-state index contributed by atoms with van der Waals surface area (Å²) in [7, 11) is 3.30. The molecule has 1 N–H and O–H groups in total. The zero-order valence-electron chi connectivity index (χ0n) is 19.5. The molecular weight excluding hydrogens is 471 g/mol. The Morgan fingerprint density at radius 3 is 2.26 bits per heavy atom. The van der Waals surface area contributed by atoms with Gasteiger partial charge in [-0.1, -0.05) is 59.6 Å². The summed E-state index contributed by atoms with van der Waals surface area (Å²) in [5, 5.41) is 4.57. The molecule has 1 aliphatic rings. The largest absolute Gasteiger partial charge is 0.493 e. The van der Waals surface area contributed by atoms with Crippen LogP contribution in [-0.2, 0) is 6.61 Å². The highest BCUT2D eigenvalue weighted by atomic mass is 35.5. The maximum Gasteiger partial charge on any atom is 0.203 e. The summed E-state index contributed by atoms with van der Waals surface area (Å²) in [6.07, 6.45) is 1.06. The maximum atomic E-state index is 6.43. The fourth-order valence-corrected chi connectivity index (χ4v) is 4.66. The van der Waals surface area contributed by atoms with E-state index in [2.05, 4.69) is 10.2 Å². The lowest BCUT2D eigenvalue weighted by Gasteiger charge is -2.32. The van der Waals surface area contributed by atoms with Gasteiger partial charge in [-0.2, -0.15) is 0 Å². The van der Waals surface area contributed by atoms with Gasteiger partial charge >= 0.3 is 0 Å². The number of nitrogens with one attached hydrogen (secondary N) is 1. The summed E-state index contributed by atoms with van der Waals surface area (Å²) in [6.45, 7) is 4.20. The van der Waals surface area contributed by atoms with Gasteiger partial charge in [0.15, 0.2) is 11.5 Å². The predicted octanol–water partition coefficient (Wildman–Crippen LogP) is 5.97. The first-order chi connectivity index (χ1) is 16.6. The van der Waals surface area contributed by atoms with Gasteiger partial charge in [-0.25, -0.2) is 0 Å². The average Bonchev–Trinajstić information content (AvgIpc) is 3.15. The summed E-state index contributed by atoms with van der Waals surface area (Å²) in [5.41, 5.74) is 3.18. The first kappa shape index (κ1) is 24.7.